The predicted molar refractivity (Wildman–Crippen MR) is 72.0 cm³/mol. The van der Waals surface area contributed by atoms with Gasteiger partial charge in [0.05, 0.1) is 6.33 Å². The number of amides is 1. The monoisotopic (exact) mass is 257 g/mol. The maximum atomic E-state index is 12.0. The Morgan fingerprint density at radius 2 is 1.95 bits per heavy atom. The van der Waals surface area contributed by atoms with Gasteiger partial charge in [-0.25, -0.2) is 4.98 Å². The molecular weight excluding hydrogens is 242 g/mol. The summed E-state index contributed by atoms with van der Waals surface area (Å²) in [5.74, 6) is -0.127. The minimum absolute atomic E-state index is 0.00431. The highest BCUT2D eigenvalue weighted by Gasteiger charge is 2.14. The van der Waals surface area contributed by atoms with Crippen molar-refractivity contribution in [2.24, 2.45) is 0 Å². The molecule has 1 heterocycles. The zero-order valence-electron chi connectivity index (χ0n) is 10.8. The molecule has 0 fully saturated rings. The number of benzene rings is 1. The molecule has 1 atom stereocenters. The van der Waals surface area contributed by atoms with Crippen LogP contribution in [-0.2, 0) is 4.79 Å². The van der Waals surface area contributed by atoms with Gasteiger partial charge in [-0.2, -0.15) is 0 Å². The van der Waals surface area contributed by atoms with E-state index in [4.69, 9.17) is 0 Å². The van der Waals surface area contributed by atoms with E-state index in [0.717, 1.165) is 0 Å². The Kier molecular flexibility index (Phi) is 3.75. The number of hydrogen-bond donors (Lipinski definition) is 1. The van der Waals surface area contributed by atoms with Crippen molar-refractivity contribution in [3.8, 4) is 0 Å². The largest absolute Gasteiger partial charge is 0.325 e. The van der Waals surface area contributed by atoms with E-state index in [1.54, 1.807) is 54.5 Å². The van der Waals surface area contributed by atoms with Gasteiger partial charge in [-0.15, -0.1) is 0 Å². The standard InChI is InChI=1S/C14H15N3O2/c1-10(17-8-7-15-9-17)14(19)16-13-5-3-12(4-6-13)11(2)18/h3-10H,1-2H3,(H,16,19). The van der Waals surface area contributed by atoms with Crippen molar-refractivity contribution >= 4 is 17.4 Å². The third kappa shape index (κ3) is 3.07. The van der Waals surface area contributed by atoms with Gasteiger partial charge in [-0.1, -0.05) is 0 Å². The number of imidazole rings is 1. The van der Waals surface area contributed by atoms with Crippen LogP contribution in [-0.4, -0.2) is 21.2 Å². The summed E-state index contributed by atoms with van der Waals surface area (Å²) in [5, 5.41) is 2.80. The van der Waals surface area contributed by atoms with Crippen LogP contribution in [0.4, 0.5) is 5.69 Å². The number of aromatic nitrogens is 2. The Hall–Kier alpha value is -2.43. The Morgan fingerprint density at radius 3 is 2.47 bits per heavy atom. The summed E-state index contributed by atoms with van der Waals surface area (Å²) >= 11 is 0. The van der Waals surface area contributed by atoms with E-state index >= 15 is 0 Å². The van der Waals surface area contributed by atoms with Crippen LogP contribution >= 0.6 is 0 Å². The molecule has 0 bridgehead atoms. The number of nitrogens with one attached hydrogen (secondary N) is 1. The lowest BCUT2D eigenvalue weighted by molar-refractivity contribution is -0.118. The third-order valence-electron chi connectivity index (χ3n) is 2.91. The topological polar surface area (TPSA) is 64.0 Å². The molecule has 5 nitrogen and oxygen atoms in total. The number of anilines is 1. The van der Waals surface area contributed by atoms with Gasteiger partial charge in [0.1, 0.15) is 6.04 Å². The van der Waals surface area contributed by atoms with Crippen LogP contribution in [0.15, 0.2) is 43.0 Å². The minimum atomic E-state index is -0.338. The maximum Gasteiger partial charge on any atom is 0.247 e. The molecule has 19 heavy (non-hydrogen) atoms. The second-order valence-electron chi connectivity index (χ2n) is 4.31. The smallest absolute Gasteiger partial charge is 0.247 e. The SMILES string of the molecule is CC(=O)c1ccc(NC(=O)C(C)n2ccnc2)cc1. The number of carbonyl (C=O) groups is 2. The highest BCUT2D eigenvalue weighted by atomic mass is 16.2. The molecule has 1 unspecified atom stereocenters. The first-order valence-corrected chi connectivity index (χ1v) is 5.97. The second-order valence-corrected chi connectivity index (χ2v) is 4.31. The van der Waals surface area contributed by atoms with Crippen LogP contribution in [0, 0.1) is 0 Å². The average molecular weight is 257 g/mol. The first-order valence-electron chi connectivity index (χ1n) is 5.97. The third-order valence-corrected chi connectivity index (χ3v) is 2.91. The Balaban J connectivity index is 2.04. The van der Waals surface area contributed by atoms with Crippen molar-refractivity contribution in [1.82, 2.24) is 9.55 Å². The summed E-state index contributed by atoms with van der Waals surface area (Å²) in [6, 6.07) is 6.49. The summed E-state index contributed by atoms with van der Waals surface area (Å²) in [6.07, 6.45) is 4.97. The Morgan fingerprint density at radius 1 is 1.26 bits per heavy atom. The summed E-state index contributed by atoms with van der Waals surface area (Å²) < 4.78 is 1.72. The van der Waals surface area contributed by atoms with E-state index in [1.807, 2.05) is 0 Å². The fourth-order valence-electron chi connectivity index (χ4n) is 1.67. The molecule has 1 aromatic carbocycles. The van der Waals surface area contributed by atoms with Gasteiger partial charge in [0, 0.05) is 23.6 Å². The number of carbonyl (C=O) groups excluding carboxylic acids is 2. The lowest BCUT2D eigenvalue weighted by Gasteiger charge is -2.13. The molecule has 0 aliphatic carbocycles. The molecule has 0 saturated heterocycles. The quantitative estimate of drug-likeness (QED) is 0.855. The van der Waals surface area contributed by atoms with E-state index in [-0.39, 0.29) is 17.7 Å². The number of nitrogens with zero attached hydrogens (tertiary/aromatic N) is 2. The zero-order valence-corrected chi connectivity index (χ0v) is 10.8. The molecule has 0 radical (unpaired) electrons. The van der Waals surface area contributed by atoms with Crippen molar-refractivity contribution in [3.05, 3.63) is 48.5 Å². The summed E-state index contributed by atoms with van der Waals surface area (Å²) in [5.41, 5.74) is 1.29. The van der Waals surface area contributed by atoms with E-state index in [2.05, 4.69) is 10.3 Å². The molecular formula is C14H15N3O2. The van der Waals surface area contributed by atoms with Gasteiger partial charge in [-0.05, 0) is 38.1 Å². The number of Topliss-reactive ketones (excluding diaryl/α,β-unsaturated/α-hetero) is 1. The average Bonchev–Trinajstić information content (AvgIpc) is 2.92. The molecule has 5 heteroatoms. The molecule has 1 aromatic heterocycles. The van der Waals surface area contributed by atoms with Crippen molar-refractivity contribution in [2.75, 3.05) is 5.32 Å². The minimum Gasteiger partial charge on any atom is -0.325 e. The van der Waals surface area contributed by atoms with E-state index in [0.29, 0.717) is 11.3 Å². The summed E-state index contributed by atoms with van der Waals surface area (Å²) in [7, 11) is 0. The molecule has 1 amide bonds. The van der Waals surface area contributed by atoms with E-state index in [1.165, 1.54) is 6.92 Å². The number of ketones is 1. The fourth-order valence-corrected chi connectivity index (χ4v) is 1.67. The normalized spacial score (nSPS) is 11.9. The molecule has 2 aromatic rings. The van der Waals surface area contributed by atoms with Gasteiger partial charge < -0.3 is 9.88 Å². The van der Waals surface area contributed by atoms with Gasteiger partial charge in [0.25, 0.3) is 0 Å². The predicted octanol–water partition coefficient (Wildman–Crippen LogP) is 2.29. The Labute approximate surface area is 111 Å². The van der Waals surface area contributed by atoms with Crippen LogP contribution < -0.4 is 5.32 Å². The van der Waals surface area contributed by atoms with Crippen LogP contribution in [0.25, 0.3) is 0 Å². The highest BCUT2D eigenvalue weighted by molar-refractivity contribution is 5.96. The van der Waals surface area contributed by atoms with Crippen LogP contribution in [0.5, 0.6) is 0 Å². The van der Waals surface area contributed by atoms with Crippen LogP contribution in [0.3, 0.4) is 0 Å². The van der Waals surface area contributed by atoms with Gasteiger partial charge in [0.2, 0.25) is 5.91 Å². The molecule has 0 aliphatic heterocycles. The van der Waals surface area contributed by atoms with Gasteiger partial charge >= 0.3 is 0 Å². The Bertz CT molecular complexity index is 573. The molecule has 0 saturated carbocycles. The van der Waals surface area contributed by atoms with Crippen LogP contribution in [0.1, 0.15) is 30.2 Å². The van der Waals surface area contributed by atoms with Crippen molar-refractivity contribution in [1.29, 1.82) is 0 Å². The van der Waals surface area contributed by atoms with Gasteiger partial charge in [0.15, 0.2) is 5.78 Å². The van der Waals surface area contributed by atoms with Gasteiger partial charge in [-0.3, -0.25) is 9.59 Å². The van der Waals surface area contributed by atoms with E-state index < -0.39 is 0 Å². The summed E-state index contributed by atoms with van der Waals surface area (Å²) in [4.78, 5) is 27.1. The van der Waals surface area contributed by atoms with Crippen LogP contribution in [0.2, 0.25) is 0 Å². The van der Waals surface area contributed by atoms with Crippen molar-refractivity contribution in [3.63, 3.8) is 0 Å². The molecule has 0 spiro atoms. The fraction of sp³-hybridized carbons (Fsp3) is 0.214. The van der Waals surface area contributed by atoms with E-state index in [9.17, 15) is 9.59 Å². The number of rotatable bonds is 4. The molecule has 98 valence electrons. The van der Waals surface area contributed by atoms with Crippen molar-refractivity contribution in [2.45, 2.75) is 19.9 Å². The lowest BCUT2D eigenvalue weighted by Crippen LogP contribution is -2.22. The molecule has 1 N–H and O–H groups in total. The molecule has 0 aliphatic rings. The number of hydrogen-bond acceptors (Lipinski definition) is 3. The molecule has 2 rings (SSSR count). The first kappa shape index (κ1) is 13.0. The first-order chi connectivity index (χ1) is 9.08. The lowest BCUT2D eigenvalue weighted by atomic mass is 10.1. The summed E-state index contributed by atoms with van der Waals surface area (Å²) in [6.45, 7) is 3.30. The second kappa shape index (κ2) is 5.48. The highest BCUT2D eigenvalue weighted by Crippen LogP contribution is 2.13. The zero-order chi connectivity index (χ0) is 13.8. The maximum absolute atomic E-state index is 12.0. The van der Waals surface area contributed by atoms with Crippen molar-refractivity contribution < 1.29 is 9.59 Å².